The van der Waals surface area contributed by atoms with Crippen LogP contribution in [-0.4, -0.2) is 36.2 Å². The van der Waals surface area contributed by atoms with E-state index in [9.17, 15) is 14.9 Å². The van der Waals surface area contributed by atoms with E-state index in [2.05, 4.69) is 26.7 Å². The highest BCUT2D eigenvalue weighted by Gasteiger charge is 2.28. The highest BCUT2D eigenvalue weighted by molar-refractivity contribution is 5.98. The van der Waals surface area contributed by atoms with Crippen LogP contribution in [0.2, 0.25) is 0 Å². The van der Waals surface area contributed by atoms with Gasteiger partial charge in [0.25, 0.3) is 5.56 Å². The Hall–Kier alpha value is -4.98. The molecule has 41 heavy (non-hydrogen) atoms. The largest absolute Gasteiger partial charge is 0.444 e. The lowest BCUT2D eigenvalue weighted by Crippen LogP contribution is -2.32. The van der Waals surface area contributed by atoms with E-state index in [-0.39, 0.29) is 17.9 Å². The normalized spacial score (nSPS) is 13.2. The van der Waals surface area contributed by atoms with Gasteiger partial charge in [0.2, 0.25) is 0 Å². The number of halogens is 1. The molecule has 0 fully saturated rings. The van der Waals surface area contributed by atoms with Gasteiger partial charge in [-0.15, -0.1) is 0 Å². The predicted octanol–water partition coefficient (Wildman–Crippen LogP) is 5.24. The number of carbonyl (C=O) groups is 1. The fraction of sp³-hybridized carbons (Fsp3) is 0.300. The first-order chi connectivity index (χ1) is 19.7. The minimum absolute atomic E-state index is 0.0316. The SMILES string of the molecule is CC(C)(C)OC(=O)NCc1n[nH]c(=O)c2ccc(-c3cnn4c3-c3c(C#N)c5cccc(F)c5n3CCCC4)cc12. The number of benzene rings is 2. The van der Waals surface area contributed by atoms with Crippen LogP contribution in [0, 0.1) is 17.1 Å². The number of aromatic nitrogens is 5. The molecule has 1 amide bonds. The van der Waals surface area contributed by atoms with E-state index in [0.717, 1.165) is 24.0 Å². The zero-order valence-electron chi connectivity index (χ0n) is 22.9. The molecule has 1 aliphatic heterocycles. The van der Waals surface area contributed by atoms with Crippen molar-refractivity contribution in [3.05, 3.63) is 70.0 Å². The molecular formula is C30H28FN7O3. The van der Waals surface area contributed by atoms with Crippen LogP contribution in [0.25, 0.3) is 44.2 Å². The van der Waals surface area contributed by atoms with Crippen LogP contribution in [0.5, 0.6) is 0 Å². The molecule has 4 heterocycles. The molecule has 0 bridgehead atoms. The molecular weight excluding hydrogens is 525 g/mol. The zero-order chi connectivity index (χ0) is 28.9. The van der Waals surface area contributed by atoms with Gasteiger partial charge < -0.3 is 14.6 Å². The molecule has 0 atom stereocenters. The van der Waals surface area contributed by atoms with Crippen LogP contribution in [0.3, 0.4) is 0 Å². The number of hydrogen-bond donors (Lipinski definition) is 2. The van der Waals surface area contributed by atoms with Crippen molar-refractivity contribution in [3.63, 3.8) is 0 Å². The molecule has 2 aromatic carbocycles. The fourth-order valence-corrected chi connectivity index (χ4v) is 5.49. The van der Waals surface area contributed by atoms with Crippen LogP contribution >= 0.6 is 0 Å². The maximum absolute atomic E-state index is 15.1. The lowest BCUT2D eigenvalue weighted by Gasteiger charge is -2.19. The topological polar surface area (TPSA) is 131 Å². The third kappa shape index (κ3) is 4.61. The second kappa shape index (κ2) is 9.89. The number of fused-ring (bicyclic) bond motifs is 6. The Morgan fingerprint density at radius 1 is 1.15 bits per heavy atom. The highest BCUT2D eigenvalue weighted by Crippen LogP contribution is 2.41. The summed E-state index contributed by atoms with van der Waals surface area (Å²) in [5.41, 5.74) is 3.04. The van der Waals surface area contributed by atoms with Crippen LogP contribution in [0.15, 0.2) is 47.4 Å². The molecule has 6 rings (SSSR count). The second-order valence-corrected chi connectivity index (χ2v) is 11.1. The third-order valence-electron chi connectivity index (χ3n) is 7.19. The van der Waals surface area contributed by atoms with Crippen molar-refractivity contribution in [2.24, 2.45) is 0 Å². The molecule has 0 saturated heterocycles. The number of carbonyl (C=O) groups excluding carboxylic acids is 1. The average molecular weight is 554 g/mol. The van der Waals surface area contributed by atoms with Crippen molar-refractivity contribution in [1.82, 2.24) is 29.9 Å². The van der Waals surface area contributed by atoms with Crippen molar-refractivity contribution in [2.45, 2.75) is 58.8 Å². The summed E-state index contributed by atoms with van der Waals surface area (Å²) in [5.74, 6) is -0.378. The molecule has 208 valence electrons. The smallest absolute Gasteiger partial charge is 0.407 e. The number of aromatic amines is 1. The maximum atomic E-state index is 15.1. The minimum atomic E-state index is -0.662. The Morgan fingerprint density at radius 3 is 2.73 bits per heavy atom. The third-order valence-corrected chi connectivity index (χ3v) is 7.19. The van der Waals surface area contributed by atoms with Crippen molar-refractivity contribution < 1.29 is 13.9 Å². The van der Waals surface area contributed by atoms with Gasteiger partial charge in [0.05, 0.1) is 46.3 Å². The predicted molar refractivity (Wildman–Crippen MR) is 151 cm³/mol. The van der Waals surface area contributed by atoms with E-state index in [1.807, 2.05) is 21.4 Å². The summed E-state index contributed by atoms with van der Waals surface area (Å²) < 4.78 is 24.2. The first kappa shape index (κ1) is 26.3. The molecule has 0 unspecified atom stereocenters. The average Bonchev–Trinajstić information content (AvgIpc) is 3.46. The number of ether oxygens (including phenoxy) is 1. The highest BCUT2D eigenvalue weighted by atomic mass is 19.1. The van der Waals surface area contributed by atoms with E-state index in [4.69, 9.17) is 4.74 Å². The summed E-state index contributed by atoms with van der Waals surface area (Å²) in [4.78, 5) is 24.9. The van der Waals surface area contributed by atoms with Gasteiger partial charge in [0.1, 0.15) is 17.5 Å². The number of nitriles is 1. The number of rotatable bonds is 3. The summed E-state index contributed by atoms with van der Waals surface area (Å²) in [6.07, 6.45) is 2.78. The van der Waals surface area contributed by atoms with Gasteiger partial charge in [-0.3, -0.25) is 9.48 Å². The Balaban J connectivity index is 1.51. The van der Waals surface area contributed by atoms with Gasteiger partial charge in [0.15, 0.2) is 0 Å². The van der Waals surface area contributed by atoms with Crippen LogP contribution in [0.1, 0.15) is 44.9 Å². The van der Waals surface area contributed by atoms with Gasteiger partial charge in [-0.2, -0.15) is 15.5 Å². The van der Waals surface area contributed by atoms with Gasteiger partial charge >= 0.3 is 6.09 Å². The Bertz CT molecular complexity index is 1940. The molecule has 2 N–H and O–H groups in total. The maximum Gasteiger partial charge on any atom is 0.407 e. The van der Waals surface area contributed by atoms with Gasteiger partial charge in [0, 0.05) is 29.4 Å². The summed E-state index contributed by atoms with van der Waals surface area (Å²) in [6.45, 7) is 6.56. The molecule has 0 aliphatic carbocycles. The number of nitrogens with one attached hydrogen (secondary N) is 2. The number of amides is 1. The van der Waals surface area contributed by atoms with Crippen molar-refractivity contribution in [3.8, 4) is 28.6 Å². The lowest BCUT2D eigenvalue weighted by molar-refractivity contribution is 0.0523. The summed E-state index contributed by atoms with van der Waals surface area (Å²) >= 11 is 0. The van der Waals surface area contributed by atoms with E-state index in [1.54, 1.807) is 45.2 Å². The number of nitrogens with zero attached hydrogens (tertiary/aromatic N) is 5. The summed E-state index contributed by atoms with van der Waals surface area (Å²) in [5, 5.41) is 25.8. The molecule has 3 aromatic heterocycles. The Kier molecular flexibility index (Phi) is 6.33. The van der Waals surface area contributed by atoms with Crippen molar-refractivity contribution in [1.29, 1.82) is 5.26 Å². The van der Waals surface area contributed by atoms with Crippen LogP contribution in [-0.2, 0) is 24.4 Å². The minimum Gasteiger partial charge on any atom is -0.444 e. The molecule has 0 radical (unpaired) electrons. The Morgan fingerprint density at radius 2 is 1.95 bits per heavy atom. The molecule has 0 saturated carbocycles. The number of alkyl carbamates (subject to hydrolysis) is 1. The second-order valence-electron chi connectivity index (χ2n) is 11.1. The summed E-state index contributed by atoms with van der Waals surface area (Å²) in [6, 6.07) is 12.5. The van der Waals surface area contributed by atoms with Crippen molar-refractivity contribution in [2.75, 3.05) is 0 Å². The quantitative estimate of drug-likeness (QED) is 0.314. The van der Waals surface area contributed by atoms with Gasteiger partial charge in [-0.05, 0) is 57.4 Å². The molecule has 0 spiro atoms. The molecule has 5 aromatic rings. The van der Waals surface area contributed by atoms with Gasteiger partial charge in [-0.25, -0.2) is 14.3 Å². The first-order valence-electron chi connectivity index (χ1n) is 13.4. The molecule has 10 nitrogen and oxygen atoms in total. The van der Waals surface area contributed by atoms with Crippen LogP contribution in [0.4, 0.5) is 9.18 Å². The molecule has 1 aliphatic rings. The zero-order valence-corrected chi connectivity index (χ0v) is 22.9. The number of aryl methyl sites for hydroxylation is 2. The molecule has 11 heteroatoms. The van der Waals surface area contributed by atoms with E-state index in [1.165, 1.54) is 6.07 Å². The van der Waals surface area contributed by atoms with Gasteiger partial charge in [-0.1, -0.05) is 18.2 Å². The number of hydrogen-bond acceptors (Lipinski definition) is 6. The van der Waals surface area contributed by atoms with E-state index >= 15 is 4.39 Å². The summed E-state index contributed by atoms with van der Waals surface area (Å²) in [7, 11) is 0. The van der Waals surface area contributed by atoms with E-state index < -0.39 is 11.7 Å². The fourth-order valence-electron chi connectivity index (χ4n) is 5.49. The van der Waals surface area contributed by atoms with Crippen LogP contribution < -0.4 is 10.9 Å². The number of H-pyrrole nitrogens is 1. The lowest BCUT2D eigenvalue weighted by atomic mass is 9.98. The van der Waals surface area contributed by atoms with E-state index in [0.29, 0.717) is 57.4 Å². The monoisotopic (exact) mass is 553 g/mol. The Labute approximate surface area is 234 Å². The number of para-hydroxylation sites is 1. The van der Waals surface area contributed by atoms with Crippen molar-refractivity contribution >= 4 is 27.8 Å². The first-order valence-corrected chi connectivity index (χ1v) is 13.4. The standard InChI is InChI=1S/C30H28FN7O3/c1-30(2,3)41-29(40)33-16-24-20-13-17(9-10-19(20)28(39)36-35-24)22-15-34-38-12-5-4-11-37-25-18(7-6-8-23(25)31)21(14-32)26(37)27(22)38/h6-10,13,15H,4-5,11-12,16H2,1-3H3,(H,33,40)(H,36,39).